The van der Waals surface area contributed by atoms with Crippen molar-refractivity contribution in [2.45, 2.75) is 18.4 Å². The van der Waals surface area contributed by atoms with E-state index in [1.807, 2.05) is 0 Å². The molecule has 0 aromatic carbocycles. The molecule has 0 saturated carbocycles. The minimum absolute atomic E-state index is 0.0317. The van der Waals surface area contributed by atoms with Gasteiger partial charge in [-0.15, -0.1) is 5.10 Å². The number of aromatic nitrogens is 3. The van der Waals surface area contributed by atoms with Crippen LogP contribution in [0.1, 0.15) is 17.6 Å². The molecule has 9 heteroatoms. The molecule has 0 aliphatic heterocycles. The molecule has 15 heavy (non-hydrogen) atoms. The van der Waals surface area contributed by atoms with Crippen LogP contribution < -0.4 is 0 Å². The highest BCUT2D eigenvalue weighted by Crippen LogP contribution is 2.14. The van der Waals surface area contributed by atoms with Gasteiger partial charge in [0.05, 0.1) is 6.20 Å². The smallest absolute Gasteiger partial charge is 0.298 e. The molecular weight excluding hydrogens is 226 g/mol. The van der Waals surface area contributed by atoms with Gasteiger partial charge in [0.1, 0.15) is 5.69 Å². The molecule has 1 rings (SSSR count). The van der Waals surface area contributed by atoms with Crippen LogP contribution in [0.5, 0.6) is 0 Å². The van der Waals surface area contributed by atoms with Gasteiger partial charge in [0.15, 0.2) is 0 Å². The number of rotatable bonds is 5. The van der Waals surface area contributed by atoms with Crippen molar-refractivity contribution in [1.29, 1.82) is 0 Å². The second-order valence-electron chi connectivity index (χ2n) is 2.85. The quantitative estimate of drug-likeness (QED) is 0.534. The lowest BCUT2D eigenvalue weighted by atomic mass is 10.4. The second-order valence-corrected chi connectivity index (χ2v) is 4.33. The Bertz CT molecular complexity index is 414. The zero-order valence-corrected chi connectivity index (χ0v) is 8.50. The monoisotopic (exact) mass is 237 g/mol. The number of nitrogens with zero attached hydrogens (tertiary/aromatic N) is 3. The van der Waals surface area contributed by atoms with Crippen molar-refractivity contribution >= 4 is 10.1 Å². The second kappa shape index (κ2) is 4.66. The van der Waals surface area contributed by atoms with Gasteiger partial charge in [-0.2, -0.15) is 8.42 Å². The van der Waals surface area contributed by atoms with E-state index in [0.29, 0.717) is 13.0 Å². The maximum atomic E-state index is 10.5. The van der Waals surface area contributed by atoms with Crippen LogP contribution in [-0.4, -0.2) is 44.8 Å². The summed E-state index contributed by atoms with van der Waals surface area (Å²) in [6.45, 7) is 0.317. The average Bonchev–Trinajstić information content (AvgIpc) is 2.60. The molecule has 8 nitrogen and oxygen atoms in total. The topological polar surface area (TPSA) is 126 Å². The van der Waals surface area contributed by atoms with E-state index in [-0.39, 0.29) is 12.3 Å². The number of hydrogen-bond donors (Lipinski definition) is 3. The van der Waals surface area contributed by atoms with Gasteiger partial charge >= 0.3 is 0 Å². The maximum absolute atomic E-state index is 10.5. The van der Waals surface area contributed by atoms with Crippen molar-refractivity contribution in [3.8, 4) is 0 Å². The fourth-order valence-corrected chi connectivity index (χ4v) is 1.33. The van der Waals surface area contributed by atoms with Gasteiger partial charge in [-0.25, -0.2) is 0 Å². The van der Waals surface area contributed by atoms with Crippen molar-refractivity contribution in [1.82, 2.24) is 15.0 Å². The van der Waals surface area contributed by atoms with Gasteiger partial charge in [-0.1, -0.05) is 5.21 Å². The summed E-state index contributed by atoms with van der Waals surface area (Å²) in [6.07, 6.45) is 1.62. The van der Waals surface area contributed by atoms with Gasteiger partial charge < -0.3 is 10.2 Å². The van der Waals surface area contributed by atoms with Gasteiger partial charge in [-0.05, 0) is 6.42 Å². The number of aliphatic hydroxyl groups excluding tert-OH is 2. The molecule has 1 aromatic rings. The Hall–Kier alpha value is -1.03. The molecule has 0 saturated heterocycles. The number of aryl methyl sites for hydroxylation is 1. The van der Waals surface area contributed by atoms with Crippen molar-refractivity contribution in [3.05, 3.63) is 11.9 Å². The Labute approximate surface area is 85.9 Å². The number of aliphatic hydroxyl groups is 2. The maximum Gasteiger partial charge on any atom is 0.298 e. The Morgan fingerprint density at radius 1 is 1.53 bits per heavy atom. The van der Waals surface area contributed by atoms with Crippen molar-refractivity contribution in [2.24, 2.45) is 0 Å². The zero-order valence-electron chi connectivity index (χ0n) is 7.68. The highest BCUT2D eigenvalue weighted by molar-refractivity contribution is 7.85. The van der Waals surface area contributed by atoms with Crippen molar-refractivity contribution in [2.75, 3.05) is 6.61 Å². The highest BCUT2D eigenvalue weighted by atomic mass is 32.2. The van der Waals surface area contributed by atoms with Gasteiger partial charge in [-0.3, -0.25) is 9.23 Å². The first-order valence-electron chi connectivity index (χ1n) is 4.10. The lowest BCUT2D eigenvalue weighted by molar-refractivity contribution is 0.234. The molecule has 0 spiro atoms. The lowest BCUT2D eigenvalue weighted by Gasteiger charge is -2.01. The Balaban J connectivity index is 2.76. The predicted octanol–water partition coefficient (Wildman–Crippen LogP) is -1.46. The summed E-state index contributed by atoms with van der Waals surface area (Å²) in [6, 6.07) is 0. The van der Waals surface area contributed by atoms with Crippen LogP contribution in [0.25, 0.3) is 0 Å². The van der Waals surface area contributed by atoms with Crippen LogP contribution in [0, 0.1) is 0 Å². The van der Waals surface area contributed by atoms with E-state index < -0.39 is 15.6 Å². The summed E-state index contributed by atoms with van der Waals surface area (Å²) >= 11 is 0. The average molecular weight is 237 g/mol. The van der Waals surface area contributed by atoms with E-state index in [1.54, 1.807) is 0 Å². The van der Waals surface area contributed by atoms with Crippen LogP contribution >= 0.6 is 0 Å². The largest absolute Gasteiger partial charge is 0.396 e. The number of hydrogen-bond acceptors (Lipinski definition) is 6. The molecular formula is C6H11N3O5S. The first-order valence-corrected chi connectivity index (χ1v) is 5.60. The summed E-state index contributed by atoms with van der Waals surface area (Å²) in [4.78, 5) is 0. The standard InChI is InChI=1S/C6H11N3O5S/c10-3-1-2-9-4-5(7-8-9)6(11)15(12,13)14/h4,6,10-11H,1-3H2,(H,12,13,14). The van der Waals surface area contributed by atoms with Crippen LogP contribution in [0.15, 0.2) is 6.20 Å². The summed E-state index contributed by atoms with van der Waals surface area (Å²) in [5, 5.41) is 24.5. The van der Waals surface area contributed by atoms with E-state index in [0.717, 1.165) is 0 Å². The Morgan fingerprint density at radius 2 is 2.20 bits per heavy atom. The van der Waals surface area contributed by atoms with Gasteiger partial charge in [0.2, 0.25) is 5.44 Å². The summed E-state index contributed by atoms with van der Waals surface area (Å²) in [7, 11) is -4.57. The van der Waals surface area contributed by atoms with E-state index in [9.17, 15) is 8.42 Å². The van der Waals surface area contributed by atoms with E-state index >= 15 is 0 Å². The first-order chi connectivity index (χ1) is 6.95. The molecule has 0 fully saturated rings. The van der Waals surface area contributed by atoms with Gasteiger partial charge in [0, 0.05) is 13.2 Å². The molecule has 0 bridgehead atoms. The normalized spacial score (nSPS) is 14.1. The minimum Gasteiger partial charge on any atom is -0.396 e. The van der Waals surface area contributed by atoms with Gasteiger partial charge in [0.25, 0.3) is 10.1 Å². The SMILES string of the molecule is O=S(=O)(O)C(O)c1cn(CCCO)nn1. The van der Waals surface area contributed by atoms with Crippen LogP contribution in [-0.2, 0) is 16.7 Å². The molecule has 0 radical (unpaired) electrons. The molecule has 86 valence electrons. The van der Waals surface area contributed by atoms with E-state index in [4.69, 9.17) is 14.8 Å². The third-order valence-corrected chi connectivity index (χ3v) is 2.44. The molecule has 0 aliphatic rings. The van der Waals surface area contributed by atoms with Crippen molar-refractivity contribution < 1.29 is 23.2 Å². The zero-order chi connectivity index (χ0) is 11.5. The molecule has 3 N–H and O–H groups in total. The fourth-order valence-electron chi connectivity index (χ4n) is 0.921. The summed E-state index contributed by atoms with van der Waals surface area (Å²) in [5.74, 6) is 0. The van der Waals surface area contributed by atoms with Crippen LogP contribution in [0.2, 0.25) is 0 Å². The third kappa shape index (κ3) is 3.23. The van der Waals surface area contributed by atoms with Crippen LogP contribution in [0.3, 0.4) is 0 Å². The summed E-state index contributed by atoms with van der Waals surface area (Å²) in [5.41, 5.74) is -2.34. The van der Waals surface area contributed by atoms with Crippen LogP contribution in [0.4, 0.5) is 0 Å². The fraction of sp³-hybridized carbons (Fsp3) is 0.667. The molecule has 1 aromatic heterocycles. The van der Waals surface area contributed by atoms with E-state index in [2.05, 4.69) is 10.3 Å². The minimum atomic E-state index is -4.57. The highest BCUT2D eigenvalue weighted by Gasteiger charge is 2.24. The predicted molar refractivity (Wildman–Crippen MR) is 48.2 cm³/mol. The Morgan fingerprint density at radius 3 is 2.73 bits per heavy atom. The molecule has 0 amide bonds. The first kappa shape index (κ1) is 12.0. The molecule has 1 atom stereocenters. The summed E-state index contributed by atoms with van der Waals surface area (Å²) < 4.78 is 30.9. The van der Waals surface area contributed by atoms with Crippen molar-refractivity contribution in [3.63, 3.8) is 0 Å². The third-order valence-electron chi connectivity index (χ3n) is 1.64. The van der Waals surface area contributed by atoms with E-state index in [1.165, 1.54) is 10.9 Å². The molecule has 1 heterocycles. The molecule has 1 unspecified atom stereocenters. The molecule has 0 aliphatic carbocycles. The Kier molecular flexibility index (Phi) is 3.74. The lowest BCUT2D eigenvalue weighted by Crippen LogP contribution is -2.11.